The first kappa shape index (κ1) is 22.9. The fourth-order valence-electron chi connectivity index (χ4n) is 4.06. The Labute approximate surface area is 204 Å². The van der Waals surface area contributed by atoms with Crippen LogP contribution in [0.15, 0.2) is 51.7 Å². The van der Waals surface area contributed by atoms with Crippen LogP contribution in [0.4, 0.5) is 0 Å². The minimum Gasteiger partial charge on any atom is -0.486 e. The van der Waals surface area contributed by atoms with Gasteiger partial charge in [-0.15, -0.1) is 11.3 Å². The van der Waals surface area contributed by atoms with Crippen molar-refractivity contribution < 1.29 is 18.7 Å². The number of benzene rings is 1. The first-order valence-corrected chi connectivity index (χ1v) is 12.3. The van der Waals surface area contributed by atoms with Crippen LogP contribution in [0.3, 0.4) is 0 Å². The van der Waals surface area contributed by atoms with Gasteiger partial charge in [0.2, 0.25) is 5.91 Å². The summed E-state index contributed by atoms with van der Waals surface area (Å²) in [4.78, 5) is 46.5. The number of furan rings is 1. The molecule has 180 valence electrons. The number of nitrogens with one attached hydrogen (secondary N) is 3. The molecule has 5 rings (SSSR count). The quantitative estimate of drug-likeness (QED) is 0.339. The summed E-state index contributed by atoms with van der Waals surface area (Å²) in [5.74, 6) is 0.681. The number of H-pyrrole nitrogens is 1. The van der Waals surface area contributed by atoms with Crippen LogP contribution < -0.4 is 21.1 Å². The van der Waals surface area contributed by atoms with Crippen molar-refractivity contribution in [2.24, 2.45) is 0 Å². The third-order valence-corrected chi connectivity index (χ3v) is 6.97. The van der Waals surface area contributed by atoms with Gasteiger partial charge in [0.1, 0.15) is 28.8 Å². The fourth-order valence-corrected chi connectivity index (χ4v) is 5.34. The van der Waals surface area contributed by atoms with E-state index in [0.717, 1.165) is 36.1 Å². The van der Waals surface area contributed by atoms with Gasteiger partial charge in [0.15, 0.2) is 5.76 Å². The van der Waals surface area contributed by atoms with Crippen molar-refractivity contribution in [2.45, 2.75) is 45.1 Å². The molecule has 0 atom stereocenters. The van der Waals surface area contributed by atoms with Gasteiger partial charge in [0, 0.05) is 17.7 Å². The van der Waals surface area contributed by atoms with Crippen LogP contribution in [0.1, 0.15) is 51.8 Å². The molecular weight excluding hydrogens is 468 g/mol. The molecule has 3 heterocycles. The Kier molecular flexibility index (Phi) is 6.62. The number of rotatable bonds is 7. The lowest BCUT2D eigenvalue weighted by Gasteiger charge is -2.09. The normalized spacial score (nSPS) is 12.8. The van der Waals surface area contributed by atoms with Crippen LogP contribution in [0.25, 0.3) is 10.2 Å². The lowest BCUT2D eigenvalue weighted by atomic mass is 9.97. The number of thiophene rings is 1. The van der Waals surface area contributed by atoms with E-state index in [-0.39, 0.29) is 30.8 Å². The number of aryl methyl sites for hydroxylation is 3. The topological polar surface area (TPSA) is 126 Å². The second-order valence-electron chi connectivity index (χ2n) is 8.27. The summed E-state index contributed by atoms with van der Waals surface area (Å²) in [6.45, 7) is 0.173. The summed E-state index contributed by atoms with van der Waals surface area (Å²) in [5, 5.41) is 0.692. The Morgan fingerprint density at radius 3 is 2.77 bits per heavy atom. The molecule has 0 radical (unpaired) electrons. The number of aromatic amines is 1. The van der Waals surface area contributed by atoms with Gasteiger partial charge in [0.05, 0.1) is 5.39 Å². The van der Waals surface area contributed by atoms with Crippen molar-refractivity contribution in [1.82, 2.24) is 20.8 Å². The maximum absolute atomic E-state index is 12.6. The number of hydrogen-bond donors (Lipinski definition) is 3. The van der Waals surface area contributed by atoms with Crippen molar-refractivity contribution in [2.75, 3.05) is 0 Å². The highest BCUT2D eigenvalue weighted by atomic mass is 32.1. The summed E-state index contributed by atoms with van der Waals surface area (Å²) < 4.78 is 11.1. The molecule has 0 aliphatic heterocycles. The molecule has 2 amide bonds. The van der Waals surface area contributed by atoms with Crippen molar-refractivity contribution in [3.05, 3.63) is 80.6 Å². The van der Waals surface area contributed by atoms with Crippen molar-refractivity contribution in [3.63, 3.8) is 0 Å². The highest BCUT2D eigenvalue weighted by Gasteiger charge is 2.20. The molecule has 10 heteroatoms. The van der Waals surface area contributed by atoms with Crippen LogP contribution in [-0.4, -0.2) is 21.8 Å². The predicted octanol–water partition coefficient (Wildman–Crippen LogP) is 3.43. The Bertz CT molecular complexity index is 1420. The molecule has 0 saturated carbocycles. The summed E-state index contributed by atoms with van der Waals surface area (Å²) in [5.41, 5.74) is 5.68. The maximum Gasteiger partial charge on any atom is 0.305 e. The molecular formula is C25H24N4O5S. The van der Waals surface area contributed by atoms with Crippen LogP contribution >= 0.6 is 11.3 Å². The van der Waals surface area contributed by atoms with Crippen molar-refractivity contribution in [3.8, 4) is 5.75 Å². The van der Waals surface area contributed by atoms with Crippen molar-refractivity contribution >= 4 is 33.4 Å². The van der Waals surface area contributed by atoms with Gasteiger partial charge in [-0.3, -0.25) is 25.2 Å². The Morgan fingerprint density at radius 1 is 1.09 bits per heavy atom. The number of hydrogen-bond acceptors (Lipinski definition) is 7. The number of para-hydroxylation sites is 1. The molecule has 0 bridgehead atoms. The molecule has 1 aromatic carbocycles. The lowest BCUT2D eigenvalue weighted by Crippen LogP contribution is -2.41. The van der Waals surface area contributed by atoms with Gasteiger partial charge in [-0.2, -0.15) is 0 Å². The average Bonchev–Trinajstić information content (AvgIpc) is 3.50. The standard InChI is InChI=1S/C25H24N4O5S/c30-21(13-12-20-26-24(32)22-17-8-4-5-9-19(17)35-25(22)27-20)28-29-23(31)18-11-10-16(34-18)14-33-15-6-2-1-3-7-15/h1-3,6-7,10-11H,4-5,8-9,12-14H2,(H,28,30)(H,29,31)(H,26,27,32). The number of fused-ring (bicyclic) bond motifs is 3. The van der Waals surface area contributed by atoms with E-state index in [4.69, 9.17) is 9.15 Å². The zero-order valence-electron chi connectivity index (χ0n) is 18.9. The van der Waals surface area contributed by atoms with Gasteiger partial charge in [0.25, 0.3) is 5.56 Å². The fraction of sp³-hybridized carbons (Fsp3) is 0.280. The first-order chi connectivity index (χ1) is 17.1. The van der Waals surface area contributed by atoms with Gasteiger partial charge in [-0.25, -0.2) is 4.98 Å². The molecule has 4 aromatic rings. The summed E-state index contributed by atoms with van der Waals surface area (Å²) in [6.07, 6.45) is 4.43. The molecule has 0 saturated heterocycles. The summed E-state index contributed by atoms with van der Waals surface area (Å²) >= 11 is 1.57. The van der Waals surface area contributed by atoms with E-state index in [1.54, 1.807) is 17.4 Å². The molecule has 0 fully saturated rings. The van der Waals surface area contributed by atoms with E-state index in [1.165, 1.54) is 10.9 Å². The number of hydrazine groups is 1. The summed E-state index contributed by atoms with van der Waals surface area (Å²) in [6, 6.07) is 12.4. The van der Waals surface area contributed by atoms with Crippen LogP contribution in [-0.2, 0) is 30.7 Å². The number of aromatic nitrogens is 2. The highest BCUT2D eigenvalue weighted by molar-refractivity contribution is 7.18. The molecule has 1 aliphatic carbocycles. The third-order valence-electron chi connectivity index (χ3n) is 5.79. The SMILES string of the molecule is O=C(CCc1nc2sc3c(c2c(=O)[nH]1)CCCC3)NNC(=O)c1ccc(COc2ccccc2)o1. The zero-order chi connectivity index (χ0) is 24.2. The van der Waals surface area contributed by atoms with E-state index in [1.807, 2.05) is 30.3 Å². The van der Waals surface area contributed by atoms with Crippen molar-refractivity contribution in [1.29, 1.82) is 0 Å². The van der Waals surface area contributed by atoms with Gasteiger partial charge in [-0.1, -0.05) is 18.2 Å². The largest absolute Gasteiger partial charge is 0.486 e. The van der Waals surface area contributed by atoms with E-state index in [2.05, 4.69) is 20.8 Å². The Morgan fingerprint density at radius 2 is 1.91 bits per heavy atom. The van der Waals surface area contributed by atoms with E-state index >= 15 is 0 Å². The molecule has 9 nitrogen and oxygen atoms in total. The second-order valence-corrected chi connectivity index (χ2v) is 9.36. The molecule has 1 aliphatic rings. The minimum absolute atomic E-state index is 0.0497. The molecule has 0 unspecified atom stereocenters. The van der Waals surface area contributed by atoms with Gasteiger partial charge >= 0.3 is 5.91 Å². The van der Waals surface area contributed by atoms with E-state index in [9.17, 15) is 14.4 Å². The molecule has 3 aromatic heterocycles. The van der Waals surface area contributed by atoms with E-state index in [0.29, 0.717) is 22.7 Å². The van der Waals surface area contributed by atoms with Gasteiger partial charge in [-0.05, 0) is 55.5 Å². The Balaban J connectivity index is 1.11. The first-order valence-electron chi connectivity index (χ1n) is 11.5. The highest BCUT2D eigenvalue weighted by Crippen LogP contribution is 2.33. The third kappa shape index (κ3) is 5.27. The lowest BCUT2D eigenvalue weighted by molar-refractivity contribution is -0.121. The molecule has 3 N–H and O–H groups in total. The predicted molar refractivity (Wildman–Crippen MR) is 130 cm³/mol. The van der Waals surface area contributed by atoms with Crippen LogP contribution in [0.5, 0.6) is 5.75 Å². The monoisotopic (exact) mass is 492 g/mol. The maximum atomic E-state index is 12.6. The second kappa shape index (κ2) is 10.1. The number of amides is 2. The molecule has 35 heavy (non-hydrogen) atoms. The minimum atomic E-state index is -0.582. The van der Waals surface area contributed by atoms with E-state index < -0.39 is 11.8 Å². The number of nitrogens with zero attached hydrogens (tertiary/aromatic N) is 1. The average molecular weight is 493 g/mol. The smallest absolute Gasteiger partial charge is 0.305 e. The Hall–Kier alpha value is -3.92. The van der Waals surface area contributed by atoms with Gasteiger partial charge < -0.3 is 14.1 Å². The number of carbonyl (C=O) groups is 2. The zero-order valence-corrected chi connectivity index (χ0v) is 19.7. The number of carbonyl (C=O) groups excluding carboxylic acids is 2. The summed E-state index contributed by atoms with van der Waals surface area (Å²) in [7, 11) is 0. The molecule has 0 spiro atoms. The number of ether oxygens (including phenoxy) is 1. The van der Waals surface area contributed by atoms with Crippen LogP contribution in [0.2, 0.25) is 0 Å². The van der Waals surface area contributed by atoms with Crippen LogP contribution in [0, 0.1) is 0 Å².